The minimum Gasteiger partial charge on any atom is -0.497 e. The van der Waals surface area contributed by atoms with Crippen molar-refractivity contribution >= 4 is 12.0 Å². The van der Waals surface area contributed by atoms with Crippen LogP contribution in [0.25, 0.3) is 6.08 Å². The Bertz CT molecular complexity index is 1120. The maximum atomic E-state index is 12.9. The van der Waals surface area contributed by atoms with Gasteiger partial charge in [0.1, 0.15) is 23.4 Å². The predicted molar refractivity (Wildman–Crippen MR) is 131 cm³/mol. The van der Waals surface area contributed by atoms with Gasteiger partial charge in [0.25, 0.3) is 0 Å². The first-order chi connectivity index (χ1) is 16.5. The normalized spacial score (nSPS) is 11.8. The van der Waals surface area contributed by atoms with Crippen molar-refractivity contribution in [3.8, 4) is 23.0 Å². The number of carbonyl (C=O) groups excluding carboxylic acids is 1. The lowest BCUT2D eigenvalue weighted by atomic mass is 10.0. The summed E-state index contributed by atoms with van der Waals surface area (Å²) in [5, 5.41) is 3.04. The predicted octanol–water partition coefficient (Wildman–Crippen LogP) is 4.15. The molecule has 0 aliphatic carbocycles. The van der Waals surface area contributed by atoms with E-state index in [0.29, 0.717) is 42.0 Å². The van der Waals surface area contributed by atoms with Crippen LogP contribution in [0.2, 0.25) is 0 Å². The monoisotopic (exact) mass is 465 g/mol. The Morgan fingerprint density at radius 1 is 1.03 bits per heavy atom. The lowest BCUT2D eigenvalue weighted by Crippen LogP contribution is -2.29. The van der Waals surface area contributed by atoms with Gasteiger partial charge in [0, 0.05) is 31.6 Å². The van der Waals surface area contributed by atoms with Crippen LogP contribution in [-0.4, -0.2) is 42.9 Å². The number of nitrogens with one attached hydrogen (secondary N) is 1. The maximum Gasteiger partial charge on any atom is 0.244 e. The van der Waals surface area contributed by atoms with E-state index in [1.165, 1.54) is 6.08 Å². The third-order valence-electron chi connectivity index (χ3n) is 5.10. The highest BCUT2D eigenvalue weighted by Gasteiger charge is 2.21. The number of hydrogen-bond acceptors (Lipinski definition) is 6. The molecule has 0 saturated carbocycles. The summed E-state index contributed by atoms with van der Waals surface area (Å²) in [7, 11) is 5.05. The second kappa shape index (κ2) is 11.8. The van der Waals surface area contributed by atoms with Crippen molar-refractivity contribution in [2.24, 2.45) is 7.05 Å². The van der Waals surface area contributed by atoms with E-state index in [-0.39, 0.29) is 5.91 Å². The molecule has 3 aromatic rings. The highest BCUT2D eigenvalue weighted by Crippen LogP contribution is 2.30. The van der Waals surface area contributed by atoms with Crippen molar-refractivity contribution in [2.75, 3.05) is 27.4 Å². The summed E-state index contributed by atoms with van der Waals surface area (Å²) in [6.45, 7) is 4.89. The van der Waals surface area contributed by atoms with Gasteiger partial charge in [-0.25, -0.2) is 4.98 Å². The minimum atomic E-state index is -0.513. The molecule has 1 atom stereocenters. The molecule has 1 aromatic heterocycles. The molecule has 1 amide bonds. The fourth-order valence-electron chi connectivity index (χ4n) is 3.48. The summed E-state index contributed by atoms with van der Waals surface area (Å²) in [5.74, 6) is 2.96. The van der Waals surface area contributed by atoms with E-state index >= 15 is 0 Å². The van der Waals surface area contributed by atoms with E-state index in [0.717, 1.165) is 11.1 Å². The molecule has 8 nitrogen and oxygen atoms in total. The zero-order chi connectivity index (χ0) is 24.5. The summed E-state index contributed by atoms with van der Waals surface area (Å²) in [4.78, 5) is 17.4. The van der Waals surface area contributed by atoms with Gasteiger partial charge in [0.2, 0.25) is 5.91 Å². The highest BCUT2D eigenvalue weighted by molar-refractivity contribution is 5.92. The Morgan fingerprint density at radius 2 is 1.71 bits per heavy atom. The number of methoxy groups -OCH3 is 2. The first-order valence-electron chi connectivity index (χ1n) is 11.1. The van der Waals surface area contributed by atoms with E-state index in [4.69, 9.17) is 18.9 Å². The zero-order valence-corrected chi connectivity index (χ0v) is 20.2. The molecule has 180 valence electrons. The SMILES string of the molecule is CCOc1ccc(/C=C/C(=O)NC(c2cc(OC)cc(OC)c2)c2nccn2C)cc1OCC. The number of benzene rings is 2. The third kappa shape index (κ3) is 6.10. The van der Waals surface area contributed by atoms with Crippen molar-refractivity contribution in [3.05, 3.63) is 71.8 Å². The first-order valence-corrected chi connectivity index (χ1v) is 11.1. The number of ether oxygens (including phenoxy) is 4. The van der Waals surface area contributed by atoms with Crippen LogP contribution < -0.4 is 24.3 Å². The van der Waals surface area contributed by atoms with Crippen LogP contribution in [0.5, 0.6) is 23.0 Å². The van der Waals surface area contributed by atoms with E-state index in [9.17, 15) is 4.79 Å². The average Bonchev–Trinajstić information content (AvgIpc) is 3.27. The van der Waals surface area contributed by atoms with Crippen LogP contribution in [0.4, 0.5) is 0 Å². The lowest BCUT2D eigenvalue weighted by molar-refractivity contribution is -0.117. The second-order valence-electron chi connectivity index (χ2n) is 7.39. The van der Waals surface area contributed by atoms with Crippen LogP contribution in [0.3, 0.4) is 0 Å². The quantitative estimate of drug-likeness (QED) is 0.428. The van der Waals surface area contributed by atoms with Crippen molar-refractivity contribution in [3.63, 3.8) is 0 Å². The Morgan fingerprint density at radius 3 is 2.29 bits per heavy atom. The molecule has 0 bridgehead atoms. The number of aromatic nitrogens is 2. The molecule has 0 fully saturated rings. The molecule has 0 spiro atoms. The van der Waals surface area contributed by atoms with E-state index in [2.05, 4.69) is 10.3 Å². The number of nitrogens with zero attached hydrogens (tertiary/aromatic N) is 2. The molecule has 2 aromatic carbocycles. The smallest absolute Gasteiger partial charge is 0.244 e. The number of aryl methyl sites for hydroxylation is 1. The summed E-state index contributed by atoms with van der Waals surface area (Å²) in [6.07, 6.45) is 6.74. The zero-order valence-electron chi connectivity index (χ0n) is 20.2. The van der Waals surface area contributed by atoms with Gasteiger partial charge in [-0.1, -0.05) is 6.07 Å². The standard InChI is InChI=1S/C26H31N3O5/c1-6-33-22-10-8-18(14-23(22)34-7-2)9-11-24(30)28-25(26-27-12-13-29(26)3)19-15-20(31-4)17-21(16-19)32-5/h8-17,25H,6-7H2,1-5H3,(H,28,30)/b11-9+. The largest absolute Gasteiger partial charge is 0.497 e. The number of rotatable bonds is 11. The van der Waals surface area contributed by atoms with Gasteiger partial charge in [-0.3, -0.25) is 4.79 Å². The van der Waals surface area contributed by atoms with Crippen LogP contribution in [-0.2, 0) is 11.8 Å². The fraction of sp³-hybridized carbons (Fsp3) is 0.308. The third-order valence-corrected chi connectivity index (χ3v) is 5.10. The van der Waals surface area contributed by atoms with Gasteiger partial charge in [0.15, 0.2) is 11.5 Å². The molecule has 3 rings (SSSR count). The van der Waals surface area contributed by atoms with Gasteiger partial charge in [-0.15, -0.1) is 0 Å². The van der Waals surface area contributed by atoms with Gasteiger partial charge < -0.3 is 28.8 Å². The summed E-state index contributed by atoms with van der Waals surface area (Å²) >= 11 is 0. The fourth-order valence-corrected chi connectivity index (χ4v) is 3.48. The molecule has 0 saturated heterocycles. The topological polar surface area (TPSA) is 83.8 Å². The molecular weight excluding hydrogens is 434 g/mol. The van der Waals surface area contributed by atoms with Crippen LogP contribution in [0, 0.1) is 0 Å². The van der Waals surface area contributed by atoms with E-state index < -0.39 is 6.04 Å². The Hall–Kier alpha value is -3.94. The van der Waals surface area contributed by atoms with Crippen molar-refractivity contribution in [2.45, 2.75) is 19.9 Å². The molecular formula is C26H31N3O5. The molecule has 0 radical (unpaired) electrons. The number of hydrogen-bond donors (Lipinski definition) is 1. The molecule has 1 heterocycles. The second-order valence-corrected chi connectivity index (χ2v) is 7.39. The van der Waals surface area contributed by atoms with Crippen LogP contribution in [0.15, 0.2) is 54.9 Å². The molecule has 1 N–H and O–H groups in total. The highest BCUT2D eigenvalue weighted by atomic mass is 16.5. The van der Waals surface area contributed by atoms with Crippen LogP contribution in [0.1, 0.15) is 36.8 Å². The minimum absolute atomic E-state index is 0.276. The Balaban J connectivity index is 1.87. The van der Waals surface area contributed by atoms with Crippen molar-refractivity contribution in [1.29, 1.82) is 0 Å². The summed E-state index contributed by atoms with van der Waals surface area (Å²) in [6, 6.07) is 10.5. The number of imidazole rings is 1. The number of carbonyl (C=O) groups is 1. The summed E-state index contributed by atoms with van der Waals surface area (Å²) < 4.78 is 24.0. The van der Waals surface area contributed by atoms with Gasteiger partial charge in [-0.2, -0.15) is 0 Å². The van der Waals surface area contributed by atoms with E-state index in [1.54, 1.807) is 32.6 Å². The Labute approximate surface area is 200 Å². The van der Waals surface area contributed by atoms with Crippen molar-refractivity contribution in [1.82, 2.24) is 14.9 Å². The average molecular weight is 466 g/mol. The molecule has 1 unspecified atom stereocenters. The van der Waals surface area contributed by atoms with Gasteiger partial charge in [-0.05, 0) is 55.3 Å². The molecule has 8 heteroatoms. The van der Waals surface area contributed by atoms with Gasteiger partial charge >= 0.3 is 0 Å². The molecule has 34 heavy (non-hydrogen) atoms. The lowest BCUT2D eigenvalue weighted by Gasteiger charge is -2.20. The van der Waals surface area contributed by atoms with Crippen molar-refractivity contribution < 1.29 is 23.7 Å². The summed E-state index contributed by atoms with van der Waals surface area (Å²) in [5.41, 5.74) is 1.60. The first kappa shape index (κ1) is 24.7. The molecule has 0 aliphatic rings. The van der Waals surface area contributed by atoms with E-state index in [1.807, 2.05) is 62.0 Å². The van der Waals surface area contributed by atoms with Crippen LogP contribution >= 0.6 is 0 Å². The molecule has 0 aliphatic heterocycles. The maximum absolute atomic E-state index is 12.9. The van der Waals surface area contributed by atoms with Gasteiger partial charge in [0.05, 0.1) is 27.4 Å². The number of amides is 1. The Kier molecular flexibility index (Phi) is 8.56.